The van der Waals surface area contributed by atoms with Crippen molar-refractivity contribution in [3.05, 3.63) is 41.2 Å². The number of carbonyl (C=O) groups is 1. The highest BCUT2D eigenvalue weighted by Crippen LogP contribution is 2.46. The van der Waals surface area contributed by atoms with Crippen LogP contribution < -0.4 is 10.1 Å². The molecule has 0 bridgehead atoms. The Hall–Kier alpha value is -3.38. The number of hydrogen-bond acceptors (Lipinski definition) is 7. The number of ether oxygens (including phenoxy) is 2. The van der Waals surface area contributed by atoms with Gasteiger partial charge in [0.05, 0.1) is 48.7 Å². The van der Waals surface area contributed by atoms with E-state index in [1.54, 1.807) is 18.2 Å². The molecule has 3 fully saturated rings. The highest BCUT2D eigenvalue weighted by Gasteiger charge is 2.38. The molecular formula is C25H27F3N6O3. The number of rotatable bonds is 6. The van der Waals surface area contributed by atoms with E-state index in [2.05, 4.69) is 25.2 Å². The predicted octanol–water partition coefficient (Wildman–Crippen LogP) is 3.76. The van der Waals surface area contributed by atoms with Crippen LogP contribution in [0.25, 0.3) is 11.0 Å². The highest BCUT2D eigenvalue weighted by molar-refractivity contribution is 5.95. The van der Waals surface area contributed by atoms with E-state index in [1.165, 1.54) is 7.11 Å². The van der Waals surface area contributed by atoms with Crippen LogP contribution in [0.4, 0.5) is 24.8 Å². The lowest BCUT2D eigenvalue weighted by Gasteiger charge is -2.42. The van der Waals surface area contributed by atoms with Crippen LogP contribution in [0.2, 0.25) is 0 Å². The van der Waals surface area contributed by atoms with Crippen LogP contribution in [-0.4, -0.2) is 83.2 Å². The van der Waals surface area contributed by atoms with E-state index >= 15 is 0 Å². The summed E-state index contributed by atoms with van der Waals surface area (Å²) < 4.78 is 51.4. The van der Waals surface area contributed by atoms with Crippen molar-refractivity contribution in [1.82, 2.24) is 24.8 Å². The van der Waals surface area contributed by atoms with E-state index in [4.69, 9.17) is 9.47 Å². The van der Waals surface area contributed by atoms with Gasteiger partial charge in [-0.05, 0) is 31.0 Å². The Kier molecular flexibility index (Phi) is 5.95. The number of benzene rings is 1. The van der Waals surface area contributed by atoms with Gasteiger partial charge < -0.3 is 24.7 Å². The lowest BCUT2D eigenvalue weighted by atomic mass is 10.1. The summed E-state index contributed by atoms with van der Waals surface area (Å²) in [5, 5.41) is 3.10. The van der Waals surface area contributed by atoms with Crippen LogP contribution in [0.5, 0.6) is 5.75 Å². The van der Waals surface area contributed by atoms with Gasteiger partial charge in [0.2, 0.25) is 5.95 Å². The van der Waals surface area contributed by atoms with Gasteiger partial charge in [-0.25, -0.2) is 4.98 Å². The van der Waals surface area contributed by atoms with Crippen molar-refractivity contribution in [2.24, 2.45) is 0 Å². The summed E-state index contributed by atoms with van der Waals surface area (Å²) in [5.41, 5.74) is 0.775. The predicted molar refractivity (Wildman–Crippen MR) is 129 cm³/mol. The van der Waals surface area contributed by atoms with Crippen molar-refractivity contribution in [3.63, 3.8) is 0 Å². The molecule has 9 nitrogen and oxygen atoms in total. The molecule has 2 aromatic heterocycles. The summed E-state index contributed by atoms with van der Waals surface area (Å²) in [7, 11) is 1.49. The second-order valence-electron chi connectivity index (χ2n) is 9.69. The summed E-state index contributed by atoms with van der Waals surface area (Å²) in [6, 6.07) is 5.52. The molecule has 3 aromatic rings. The number of methoxy groups -OCH3 is 1. The first-order valence-electron chi connectivity index (χ1n) is 12.3. The highest BCUT2D eigenvalue weighted by atomic mass is 19.4. The number of H-pyrrole nitrogens is 1. The molecule has 3 aliphatic rings. The van der Waals surface area contributed by atoms with Gasteiger partial charge in [-0.15, -0.1) is 0 Å². The second-order valence-corrected chi connectivity index (χ2v) is 9.69. The summed E-state index contributed by atoms with van der Waals surface area (Å²) in [5.74, 6) is 0.477. The van der Waals surface area contributed by atoms with Gasteiger partial charge in [-0.1, -0.05) is 0 Å². The average Bonchev–Trinajstić information content (AvgIpc) is 3.60. The Balaban J connectivity index is 1.22. The van der Waals surface area contributed by atoms with Gasteiger partial charge in [-0.3, -0.25) is 9.69 Å². The maximum absolute atomic E-state index is 13.5. The quantitative estimate of drug-likeness (QED) is 0.515. The number of nitrogens with zero attached hydrogens (tertiary/aromatic N) is 4. The largest absolute Gasteiger partial charge is 0.495 e. The molecule has 1 saturated carbocycles. The molecule has 0 radical (unpaired) electrons. The van der Waals surface area contributed by atoms with Crippen LogP contribution in [0, 0.1) is 0 Å². The molecule has 4 heterocycles. The molecule has 0 unspecified atom stereocenters. The van der Waals surface area contributed by atoms with Crippen molar-refractivity contribution in [3.8, 4) is 5.75 Å². The van der Waals surface area contributed by atoms with E-state index in [0.29, 0.717) is 41.8 Å². The minimum absolute atomic E-state index is 0.0258. The van der Waals surface area contributed by atoms with Crippen LogP contribution in [0.15, 0.2) is 24.4 Å². The van der Waals surface area contributed by atoms with Crippen LogP contribution in [0.1, 0.15) is 40.4 Å². The Bertz CT molecular complexity index is 1330. The zero-order chi connectivity index (χ0) is 25.7. The lowest BCUT2D eigenvalue weighted by molar-refractivity contribution is -0.136. The Morgan fingerprint density at radius 1 is 1.16 bits per heavy atom. The summed E-state index contributed by atoms with van der Waals surface area (Å²) in [6.45, 7) is 4.43. The molecule has 2 N–H and O–H groups in total. The van der Waals surface area contributed by atoms with E-state index in [1.807, 2.05) is 4.90 Å². The van der Waals surface area contributed by atoms with Gasteiger partial charge in [0.25, 0.3) is 5.91 Å². The molecule has 6 rings (SSSR count). The van der Waals surface area contributed by atoms with Gasteiger partial charge in [0.1, 0.15) is 11.4 Å². The fraction of sp³-hybridized carbons (Fsp3) is 0.480. The maximum Gasteiger partial charge on any atom is 0.418 e. The third-order valence-corrected chi connectivity index (χ3v) is 7.26. The van der Waals surface area contributed by atoms with E-state index in [9.17, 15) is 18.0 Å². The molecular weight excluding hydrogens is 489 g/mol. The van der Waals surface area contributed by atoms with E-state index in [-0.39, 0.29) is 28.8 Å². The molecule has 0 spiro atoms. The SMILES string of the molecule is COc1cc(C(=O)N2CCN(C3COC3)CC2)ccc1Nc1nc(C2CC2)c2c(C(F)(F)F)c[nH]c2n1. The summed E-state index contributed by atoms with van der Waals surface area (Å²) in [6.07, 6.45) is -1.98. The van der Waals surface area contributed by atoms with E-state index < -0.39 is 11.7 Å². The van der Waals surface area contributed by atoms with Crippen molar-refractivity contribution < 1.29 is 27.4 Å². The Morgan fingerprint density at radius 2 is 1.92 bits per heavy atom. The fourth-order valence-corrected chi connectivity index (χ4v) is 4.95. The molecule has 1 amide bonds. The molecule has 0 atom stereocenters. The minimum Gasteiger partial charge on any atom is -0.495 e. The van der Waals surface area contributed by atoms with Crippen molar-refractivity contribution >= 4 is 28.6 Å². The zero-order valence-electron chi connectivity index (χ0n) is 20.3. The molecule has 2 saturated heterocycles. The molecule has 37 heavy (non-hydrogen) atoms. The summed E-state index contributed by atoms with van der Waals surface area (Å²) >= 11 is 0. The van der Waals surface area contributed by atoms with Gasteiger partial charge in [0.15, 0.2) is 0 Å². The zero-order valence-corrected chi connectivity index (χ0v) is 20.3. The van der Waals surface area contributed by atoms with Crippen molar-refractivity contribution in [1.29, 1.82) is 0 Å². The lowest BCUT2D eigenvalue weighted by Crippen LogP contribution is -2.57. The van der Waals surface area contributed by atoms with Crippen LogP contribution in [0.3, 0.4) is 0 Å². The minimum atomic E-state index is -4.50. The van der Waals surface area contributed by atoms with Gasteiger partial charge in [-0.2, -0.15) is 18.2 Å². The number of halogens is 3. The van der Waals surface area contributed by atoms with Gasteiger partial charge in [0, 0.05) is 43.9 Å². The first kappa shape index (κ1) is 24.0. The monoisotopic (exact) mass is 516 g/mol. The number of fused-ring (bicyclic) bond motifs is 1. The van der Waals surface area contributed by atoms with Gasteiger partial charge >= 0.3 is 6.18 Å². The first-order valence-corrected chi connectivity index (χ1v) is 12.3. The van der Waals surface area contributed by atoms with Crippen molar-refractivity contribution in [2.45, 2.75) is 31.0 Å². The molecule has 12 heteroatoms. The number of amides is 1. The Morgan fingerprint density at radius 3 is 2.54 bits per heavy atom. The molecule has 1 aliphatic carbocycles. The average molecular weight is 517 g/mol. The third-order valence-electron chi connectivity index (χ3n) is 7.26. The first-order chi connectivity index (χ1) is 17.8. The van der Waals surface area contributed by atoms with Crippen LogP contribution in [-0.2, 0) is 10.9 Å². The number of nitrogens with one attached hydrogen (secondary N) is 2. The number of aromatic nitrogens is 3. The standard InChI is InChI=1S/C25H27F3N6O3/c1-36-19-10-15(23(35)34-8-6-33(7-9-34)16-12-37-13-16)4-5-18(19)30-24-31-21(14-2-3-14)20-17(25(26,27)28)11-29-22(20)32-24/h4-5,10-11,14,16H,2-3,6-9,12-13H2,1H3,(H2,29,30,31,32). The van der Waals surface area contributed by atoms with Crippen molar-refractivity contribution in [2.75, 3.05) is 51.8 Å². The fourth-order valence-electron chi connectivity index (χ4n) is 4.95. The molecule has 196 valence electrons. The van der Waals surface area contributed by atoms with E-state index in [0.717, 1.165) is 45.3 Å². The second kappa shape index (κ2) is 9.18. The molecule has 1 aromatic carbocycles. The summed E-state index contributed by atoms with van der Waals surface area (Å²) in [4.78, 5) is 28.7. The number of carbonyl (C=O) groups excluding carboxylic acids is 1. The third kappa shape index (κ3) is 4.59. The topological polar surface area (TPSA) is 95.6 Å². The number of anilines is 2. The van der Waals surface area contributed by atoms with Crippen LogP contribution >= 0.6 is 0 Å². The molecule has 2 aliphatic heterocycles. The number of hydrogen-bond donors (Lipinski definition) is 2. The normalized spacial score (nSPS) is 19.2. The number of piperazine rings is 1. The Labute approximate surface area is 211 Å². The number of aromatic amines is 1. The smallest absolute Gasteiger partial charge is 0.418 e. The number of alkyl halides is 3. The maximum atomic E-state index is 13.5.